The molecule has 0 heterocycles. The summed E-state index contributed by atoms with van der Waals surface area (Å²) in [7, 11) is 2.28. The summed E-state index contributed by atoms with van der Waals surface area (Å²) < 4.78 is 43.9. The maximum atomic E-state index is 13.1. The highest BCUT2D eigenvalue weighted by Crippen LogP contribution is 2.46. The number of carbonyl (C=O) groups excluding carboxylic acids is 7. The lowest BCUT2D eigenvalue weighted by Gasteiger charge is -2.32. The van der Waals surface area contributed by atoms with E-state index >= 15 is 0 Å². The second-order valence-electron chi connectivity index (χ2n) is 17.0. The Bertz CT molecular complexity index is 2160. The van der Waals surface area contributed by atoms with Crippen LogP contribution in [0.2, 0.25) is 0 Å². The van der Waals surface area contributed by atoms with Gasteiger partial charge in [0.1, 0.15) is 49.1 Å². The molecule has 1 fully saturated rings. The Morgan fingerprint density at radius 2 is 1.07 bits per heavy atom. The third kappa shape index (κ3) is 17.2. The van der Waals surface area contributed by atoms with E-state index in [9.17, 15) is 33.6 Å². The third-order valence-corrected chi connectivity index (χ3v) is 11.1. The van der Waals surface area contributed by atoms with Crippen molar-refractivity contribution in [3.05, 3.63) is 103 Å². The third-order valence-electron chi connectivity index (χ3n) is 11.1. The zero-order valence-electron chi connectivity index (χ0n) is 39.7. The average molecular weight is 929 g/mol. The second-order valence-corrected chi connectivity index (χ2v) is 17.0. The SMILES string of the molecule is C=C(C)C(=O)OCC(COC(=O)C(=C)CC(=O)OC)(COC(=O)C(=C)CC(=O)OC)COc1ccc(-c2cc(OC(=O)C(=C)C)c(C3CCC(CCCCC)CC3)cc2OC(=O)C(=C)C)cc1. The smallest absolute Gasteiger partial charge is 0.338 e. The molecule has 0 bridgehead atoms. The fourth-order valence-corrected chi connectivity index (χ4v) is 6.95. The Balaban J connectivity index is 2.06. The van der Waals surface area contributed by atoms with Crippen molar-refractivity contribution >= 4 is 41.8 Å². The molecule has 3 rings (SSSR count). The molecule has 15 heteroatoms. The van der Waals surface area contributed by atoms with Crippen LogP contribution < -0.4 is 14.2 Å². The number of ether oxygens (including phenoxy) is 8. The molecule has 2 aromatic rings. The van der Waals surface area contributed by atoms with Crippen molar-refractivity contribution in [1.82, 2.24) is 0 Å². The Hall–Kier alpha value is -6.77. The lowest BCUT2D eigenvalue weighted by molar-refractivity contribution is -0.161. The van der Waals surface area contributed by atoms with Gasteiger partial charge in [-0.1, -0.05) is 77.6 Å². The molecule has 0 amide bonds. The Kier molecular flexibility index (Phi) is 21.5. The van der Waals surface area contributed by atoms with E-state index in [2.05, 4.69) is 49.3 Å². The highest BCUT2D eigenvalue weighted by molar-refractivity contribution is 5.94. The van der Waals surface area contributed by atoms with Gasteiger partial charge in [0.15, 0.2) is 0 Å². The number of esters is 7. The molecule has 2 aromatic carbocycles. The largest absolute Gasteiger partial charge is 0.493 e. The summed E-state index contributed by atoms with van der Waals surface area (Å²) in [5.41, 5.74) is 0.00393. The van der Waals surface area contributed by atoms with Gasteiger partial charge in [-0.3, -0.25) is 9.59 Å². The van der Waals surface area contributed by atoms with Crippen molar-refractivity contribution in [3.8, 4) is 28.4 Å². The summed E-state index contributed by atoms with van der Waals surface area (Å²) in [4.78, 5) is 88.5. The summed E-state index contributed by atoms with van der Waals surface area (Å²) in [5.74, 6) is -4.12. The molecular weight excluding hydrogens is 865 g/mol. The Morgan fingerprint density at radius 3 is 1.54 bits per heavy atom. The van der Waals surface area contributed by atoms with E-state index in [-0.39, 0.29) is 45.3 Å². The first-order valence-corrected chi connectivity index (χ1v) is 22.1. The Morgan fingerprint density at radius 1 is 0.597 bits per heavy atom. The summed E-state index contributed by atoms with van der Waals surface area (Å²) in [6, 6.07) is 9.95. The molecule has 0 saturated heterocycles. The van der Waals surface area contributed by atoms with Gasteiger partial charge in [0.2, 0.25) is 0 Å². The zero-order valence-corrected chi connectivity index (χ0v) is 39.7. The van der Waals surface area contributed by atoms with Gasteiger partial charge in [0, 0.05) is 39.0 Å². The normalized spacial score (nSPS) is 14.3. The minimum Gasteiger partial charge on any atom is -0.493 e. The van der Waals surface area contributed by atoms with Crippen LogP contribution in [0.4, 0.5) is 0 Å². The van der Waals surface area contributed by atoms with Gasteiger partial charge >= 0.3 is 41.8 Å². The highest BCUT2D eigenvalue weighted by atomic mass is 16.6. The summed E-state index contributed by atoms with van der Waals surface area (Å²) in [5, 5.41) is 0. The van der Waals surface area contributed by atoms with Crippen molar-refractivity contribution < 1.29 is 71.5 Å². The van der Waals surface area contributed by atoms with E-state index in [0.717, 1.165) is 51.9 Å². The lowest BCUT2D eigenvalue weighted by atomic mass is 9.76. The second kappa shape index (κ2) is 26.4. The number of unbranched alkanes of at least 4 members (excludes halogenated alkanes) is 2. The standard InChI is InChI=1S/C52H64O15/c1-12-13-14-15-37-16-18-38(19-17-37)41-26-44(67-49(57)34(6)7)42(27-43(41)66-48(56)33(4)5)39-20-22-40(23-21-39)62-28-52(29-63-47(55)32(2)3,30-64-50(58)35(8)24-45(53)60-10)31-65-51(59)36(9)25-46(54)61-11/h20-23,26-27,37-38H,2,4,6,8-9,12-19,24-25,28-31H2,1,3,5,7,10-11H3. The van der Waals surface area contributed by atoms with E-state index in [1.165, 1.54) is 33.1 Å². The molecule has 0 radical (unpaired) electrons. The summed E-state index contributed by atoms with van der Waals surface area (Å²) in [6.07, 6.45) is 7.53. The molecule has 0 spiro atoms. The van der Waals surface area contributed by atoms with Crippen molar-refractivity contribution in [1.29, 1.82) is 0 Å². The molecule has 362 valence electrons. The molecule has 1 saturated carbocycles. The van der Waals surface area contributed by atoms with Gasteiger partial charge in [-0.15, -0.1) is 0 Å². The van der Waals surface area contributed by atoms with Crippen molar-refractivity contribution in [2.45, 2.75) is 97.8 Å². The number of hydrogen-bond acceptors (Lipinski definition) is 15. The van der Waals surface area contributed by atoms with Gasteiger partial charge in [0.25, 0.3) is 0 Å². The molecule has 0 atom stereocenters. The van der Waals surface area contributed by atoms with Crippen LogP contribution >= 0.6 is 0 Å². The van der Waals surface area contributed by atoms with Crippen LogP contribution in [0.3, 0.4) is 0 Å². The van der Waals surface area contributed by atoms with E-state index in [0.29, 0.717) is 22.8 Å². The number of rotatable bonds is 26. The molecule has 67 heavy (non-hydrogen) atoms. The minimum atomic E-state index is -1.62. The topological polar surface area (TPSA) is 193 Å². The van der Waals surface area contributed by atoms with Crippen LogP contribution in [0.1, 0.15) is 103 Å². The summed E-state index contributed by atoms with van der Waals surface area (Å²) in [6.45, 7) is 22.9. The van der Waals surface area contributed by atoms with Gasteiger partial charge in [-0.05, 0) is 88.1 Å². The molecular formula is C52H64O15. The van der Waals surface area contributed by atoms with Crippen LogP contribution in [0.15, 0.2) is 97.2 Å². The fourth-order valence-electron chi connectivity index (χ4n) is 6.95. The first kappa shape index (κ1) is 54.6. The molecule has 0 N–H and O–H groups in total. The van der Waals surface area contributed by atoms with Crippen LogP contribution in [0.25, 0.3) is 11.1 Å². The molecule has 0 unspecified atom stereocenters. The number of benzene rings is 2. The summed E-state index contributed by atoms with van der Waals surface area (Å²) >= 11 is 0. The maximum Gasteiger partial charge on any atom is 0.338 e. The molecule has 1 aliphatic carbocycles. The van der Waals surface area contributed by atoms with Gasteiger partial charge in [-0.2, -0.15) is 0 Å². The lowest BCUT2D eigenvalue weighted by Crippen LogP contribution is -2.44. The van der Waals surface area contributed by atoms with E-state index in [1.807, 2.05) is 0 Å². The van der Waals surface area contributed by atoms with Crippen molar-refractivity contribution in [2.75, 3.05) is 40.6 Å². The number of carbonyl (C=O) groups is 7. The van der Waals surface area contributed by atoms with E-state index < -0.39 is 86.5 Å². The number of methoxy groups -OCH3 is 2. The van der Waals surface area contributed by atoms with E-state index in [1.54, 1.807) is 43.3 Å². The highest BCUT2D eigenvalue weighted by Gasteiger charge is 2.38. The Labute approximate surface area is 393 Å². The predicted octanol–water partition coefficient (Wildman–Crippen LogP) is 8.98. The monoisotopic (exact) mass is 928 g/mol. The average Bonchev–Trinajstić information content (AvgIpc) is 3.31. The maximum absolute atomic E-state index is 13.1. The van der Waals surface area contributed by atoms with E-state index in [4.69, 9.17) is 28.4 Å². The first-order chi connectivity index (χ1) is 31.7. The van der Waals surface area contributed by atoms with Crippen molar-refractivity contribution in [2.24, 2.45) is 11.3 Å². The van der Waals surface area contributed by atoms with Crippen LogP contribution in [-0.2, 0) is 57.2 Å². The van der Waals surface area contributed by atoms with Crippen LogP contribution in [-0.4, -0.2) is 82.4 Å². The molecule has 15 nitrogen and oxygen atoms in total. The minimum absolute atomic E-state index is 0.0350. The quantitative estimate of drug-likeness (QED) is 0.0285. The first-order valence-electron chi connectivity index (χ1n) is 22.1. The molecule has 1 aliphatic rings. The van der Waals surface area contributed by atoms with Gasteiger partial charge < -0.3 is 37.9 Å². The van der Waals surface area contributed by atoms with Crippen LogP contribution in [0.5, 0.6) is 17.2 Å². The number of hydrogen-bond donors (Lipinski definition) is 0. The van der Waals surface area contributed by atoms with Gasteiger partial charge in [-0.25, -0.2) is 24.0 Å². The zero-order chi connectivity index (χ0) is 49.8. The van der Waals surface area contributed by atoms with Crippen molar-refractivity contribution in [3.63, 3.8) is 0 Å². The molecule has 0 aromatic heterocycles. The van der Waals surface area contributed by atoms with Gasteiger partial charge in [0.05, 0.1) is 27.1 Å². The fraction of sp³-hybridized carbons (Fsp3) is 0.442. The molecule has 0 aliphatic heterocycles. The van der Waals surface area contributed by atoms with Crippen LogP contribution in [0, 0.1) is 11.3 Å². The predicted molar refractivity (Wildman–Crippen MR) is 249 cm³/mol.